The molecule has 19 heavy (non-hydrogen) atoms. The van der Waals surface area contributed by atoms with Crippen LogP contribution in [-0.4, -0.2) is 25.5 Å². The molecule has 0 aliphatic rings. The smallest absolute Gasteiger partial charge is 0.120 e. The van der Waals surface area contributed by atoms with E-state index < -0.39 is 0 Å². The van der Waals surface area contributed by atoms with Crippen LogP contribution in [0, 0.1) is 6.92 Å². The molecular weight excluding hydrogens is 256 g/mol. The van der Waals surface area contributed by atoms with E-state index in [0.717, 1.165) is 37.6 Å². The van der Waals surface area contributed by atoms with Gasteiger partial charge in [0.05, 0.1) is 13.1 Å². The van der Waals surface area contributed by atoms with Crippen molar-refractivity contribution in [3.05, 3.63) is 45.5 Å². The van der Waals surface area contributed by atoms with Crippen molar-refractivity contribution in [2.75, 3.05) is 20.6 Å². The van der Waals surface area contributed by atoms with Crippen molar-refractivity contribution in [2.45, 2.75) is 26.4 Å². The SMILES string of the molecule is CNCc1oc(CN(C)CCc2cccs2)cc1C. The van der Waals surface area contributed by atoms with E-state index in [-0.39, 0.29) is 0 Å². The lowest BCUT2D eigenvalue weighted by Gasteiger charge is -2.14. The summed E-state index contributed by atoms with van der Waals surface area (Å²) < 4.78 is 5.86. The van der Waals surface area contributed by atoms with Crippen LogP contribution in [0.3, 0.4) is 0 Å². The number of hydrogen-bond acceptors (Lipinski definition) is 4. The Labute approximate surface area is 119 Å². The Balaban J connectivity index is 1.84. The molecule has 3 nitrogen and oxygen atoms in total. The van der Waals surface area contributed by atoms with E-state index in [1.807, 2.05) is 18.4 Å². The van der Waals surface area contributed by atoms with Crippen LogP contribution in [0.1, 0.15) is 22.0 Å². The number of nitrogens with zero attached hydrogens (tertiary/aromatic N) is 1. The lowest BCUT2D eigenvalue weighted by atomic mass is 10.2. The van der Waals surface area contributed by atoms with Gasteiger partial charge in [-0.05, 0) is 50.5 Å². The van der Waals surface area contributed by atoms with Gasteiger partial charge in [0.2, 0.25) is 0 Å². The number of hydrogen-bond donors (Lipinski definition) is 1. The summed E-state index contributed by atoms with van der Waals surface area (Å²) in [5.41, 5.74) is 1.23. The van der Waals surface area contributed by atoms with Gasteiger partial charge in [0.25, 0.3) is 0 Å². The molecule has 0 saturated carbocycles. The monoisotopic (exact) mass is 278 g/mol. The number of rotatable bonds is 7. The largest absolute Gasteiger partial charge is 0.463 e. The minimum Gasteiger partial charge on any atom is -0.463 e. The first-order valence-corrected chi connectivity index (χ1v) is 7.50. The second kappa shape index (κ2) is 6.89. The van der Waals surface area contributed by atoms with E-state index >= 15 is 0 Å². The van der Waals surface area contributed by atoms with E-state index in [0.29, 0.717) is 0 Å². The van der Waals surface area contributed by atoms with E-state index in [1.54, 1.807) is 0 Å². The van der Waals surface area contributed by atoms with Crippen molar-refractivity contribution in [1.29, 1.82) is 0 Å². The van der Waals surface area contributed by atoms with Gasteiger partial charge in [-0.3, -0.25) is 4.90 Å². The maximum Gasteiger partial charge on any atom is 0.120 e. The van der Waals surface area contributed by atoms with Gasteiger partial charge in [-0.15, -0.1) is 11.3 Å². The highest BCUT2D eigenvalue weighted by Gasteiger charge is 2.09. The minimum absolute atomic E-state index is 0.796. The molecule has 0 fully saturated rings. The molecule has 0 unspecified atom stereocenters. The number of thiophene rings is 1. The lowest BCUT2D eigenvalue weighted by molar-refractivity contribution is 0.293. The van der Waals surface area contributed by atoms with Crippen molar-refractivity contribution in [3.8, 4) is 0 Å². The molecule has 0 spiro atoms. The predicted octanol–water partition coefficient (Wildman–Crippen LogP) is 3.04. The van der Waals surface area contributed by atoms with Gasteiger partial charge in [-0.25, -0.2) is 0 Å². The second-order valence-corrected chi connectivity index (χ2v) is 5.95. The summed E-state index contributed by atoms with van der Waals surface area (Å²) >= 11 is 1.83. The number of aryl methyl sites for hydroxylation is 1. The van der Waals surface area contributed by atoms with Crippen LogP contribution in [0.15, 0.2) is 28.0 Å². The number of nitrogens with one attached hydrogen (secondary N) is 1. The molecular formula is C15H22N2OS. The van der Waals surface area contributed by atoms with Crippen LogP contribution < -0.4 is 5.32 Å². The van der Waals surface area contributed by atoms with E-state index in [9.17, 15) is 0 Å². The van der Waals surface area contributed by atoms with Crippen LogP contribution in [0.4, 0.5) is 0 Å². The van der Waals surface area contributed by atoms with Crippen molar-refractivity contribution in [3.63, 3.8) is 0 Å². The fraction of sp³-hybridized carbons (Fsp3) is 0.467. The lowest BCUT2D eigenvalue weighted by Crippen LogP contribution is -2.20. The molecule has 2 aromatic heterocycles. The Bertz CT molecular complexity index is 490. The first-order valence-electron chi connectivity index (χ1n) is 6.62. The standard InChI is InChI=1S/C15H22N2OS/c1-12-9-13(18-15(12)10-16-2)11-17(3)7-6-14-5-4-8-19-14/h4-5,8-9,16H,6-7,10-11H2,1-3H3. The molecule has 2 heterocycles. The van der Waals surface area contributed by atoms with Crippen molar-refractivity contribution in [1.82, 2.24) is 10.2 Å². The predicted molar refractivity (Wildman–Crippen MR) is 80.6 cm³/mol. The zero-order valence-electron chi connectivity index (χ0n) is 11.9. The third-order valence-electron chi connectivity index (χ3n) is 3.15. The van der Waals surface area contributed by atoms with E-state index in [2.05, 4.69) is 47.8 Å². The molecule has 0 aromatic carbocycles. The van der Waals surface area contributed by atoms with Crippen LogP contribution >= 0.6 is 11.3 Å². The summed E-state index contributed by atoms with van der Waals surface area (Å²) in [6.07, 6.45) is 1.11. The average Bonchev–Trinajstić information content (AvgIpc) is 2.98. The maximum absolute atomic E-state index is 5.86. The van der Waals surface area contributed by atoms with Gasteiger partial charge >= 0.3 is 0 Å². The van der Waals surface area contributed by atoms with Gasteiger partial charge in [-0.1, -0.05) is 6.07 Å². The molecule has 0 saturated heterocycles. The summed E-state index contributed by atoms with van der Waals surface area (Å²) in [6, 6.07) is 6.45. The zero-order valence-corrected chi connectivity index (χ0v) is 12.7. The second-order valence-electron chi connectivity index (χ2n) is 4.92. The molecule has 104 valence electrons. The first kappa shape index (κ1) is 14.3. The molecule has 0 aliphatic carbocycles. The van der Waals surface area contributed by atoms with Crippen molar-refractivity contribution in [2.24, 2.45) is 0 Å². The molecule has 0 radical (unpaired) electrons. The third-order valence-corrected chi connectivity index (χ3v) is 4.09. The highest BCUT2D eigenvalue weighted by atomic mass is 32.1. The minimum atomic E-state index is 0.796. The van der Waals surface area contributed by atoms with Crippen LogP contribution in [0.2, 0.25) is 0 Å². The highest BCUT2D eigenvalue weighted by molar-refractivity contribution is 7.09. The first-order chi connectivity index (χ1) is 9.19. The summed E-state index contributed by atoms with van der Waals surface area (Å²) in [5.74, 6) is 2.10. The molecule has 0 aliphatic heterocycles. The molecule has 1 N–H and O–H groups in total. The summed E-state index contributed by atoms with van der Waals surface area (Å²) in [7, 11) is 4.08. The van der Waals surface area contributed by atoms with Gasteiger partial charge < -0.3 is 9.73 Å². The number of likely N-dealkylation sites (N-methyl/N-ethyl adjacent to an activating group) is 1. The van der Waals surface area contributed by atoms with Gasteiger partial charge in [0.1, 0.15) is 11.5 Å². The normalized spacial score (nSPS) is 11.4. The summed E-state index contributed by atoms with van der Waals surface area (Å²) in [4.78, 5) is 3.75. The maximum atomic E-state index is 5.86. The highest BCUT2D eigenvalue weighted by Crippen LogP contribution is 2.16. The number of furan rings is 1. The fourth-order valence-electron chi connectivity index (χ4n) is 2.11. The Hall–Kier alpha value is -1.10. The van der Waals surface area contributed by atoms with Gasteiger partial charge in [-0.2, -0.15) is 0 Å². The van der Waals surface area contributed by atoms with Crippen LogP contribution in [0.5, 0.6) is 0 Å². The Morgan fingerprint density at radius 3 is 2.95 bits per heavy atom. The Morgan fingerprint density at radius 1 is 1.42 bits per heavy atom. The molecule has 0 amide bonds. The topological polar surface area (TPSA) is 28.4 Å². The van der Waals surface area contributed by atoms with Crippen LogP contribution in [-0.2, 0) is 19.5 Å². The molecule has 4 heteroatoms. The van der Waals surface area contributed by atoms with Crippen LogP contribution in [0.25, 0.3) is 0 Å². The van der Waals surface area contributed by atoms with E-state index in [4.69, 9.17) is 4.42 Å². The zero-order chi connectivity index (χ0) is 13.7. The summed E-state index contributed by atoms with van der Waals surface area (Å²) in [6.45, 7) is 4.83. The van der Waals surface area contributed by atoms with Crippen molar-refractivity contribution >= 4 is 11.3 Å². The summed E-state index contributed by atoms with van der Waals surface area (Å²) in [5, 5.41) is 5.26. The quantitative estimate of drug-likeness (QED) is 0.844. The molecule has 0 bridgehead atoms. The molecule has 2 aromatic rings. The average molecular weight is 278 g/mol. The third kappa shape index (κ3) is 4.20. The molecule has 0 atom stereocenters. The Kier molecular flexibility index (Phi) is 5.19. The fourth-order valence-corrected chi connectivity index (χ4v) is 2.80. The van der Waals surface area contributed by atoms with E-state index in [1.165, 1.54) is 10.4 Å². The Morgan fingerprint density at radius 2 is 2.26 bits per heavy atom. The van der Waals surface area contributed by atoms with Crippen molar-refractivity contribution < 1.29 is 4.42 Å². The molecule has 2 rings (SSSR count). The van der Waals surface area contributed by atoms with Gasteiger partial charge in [0.15, 0.2) is 0 Å². The van der Waals surface area contributed by atoms with Gasteiger partial charge in [0, 0.05) is 11.4 Å².